The second-order valence-corrected chi connectivity index (χ2v) is 24.5. The molecule has 4 aliphatic rings. The van der Waals surface area contributed by atoms with Crippen molar-refractivity contribution in [3.63, 3.8) is 0 Å². The van der Waals surface area contributed by atoms with Gasteiger partial charge in [0.25, 0.3) is 5.91 Å². The molecule has 2 aliphatic heterocycles. The van der Waals surface area contributed by atoms with Crippen molar-refractivity contribution < 1.29 is 38.3 Å². The Hall–Kier alpha value is -7.11. The quantitative estimate of drug-likeness (QED) is 0.0666. The van der Waals surface area contributed by atoms with Crippen LogP contribution in [-0.4, -0.2) is 114 Å². The summed E-state index contributed by atoms with van der Waals surface area (Å²) >= 11 is 0. The number of amides is 7. The second-order valence-electron chi connectivity index (χ2n) is 24.5. The highest BCUT2D eigenvalue weighted by molar-refractivity contribution is 5.97. The molecular weight excluding hydrogens is 1010 g/mol. The monoisotopic (exact) mass is 1090 g/mol. The van der Waals surface area contributed by atoms with Crippen molar-refractivity contribution in [1.29, 1.82) is 0 Å². The maximum atomic E-state index is 14.8. The summed E-state index contributed by atoms with van der Waals surface area (Å²) in [6, 6.07) is 23.3. The van der Waals surface area contributed by atoms with Crippen LogP contribution in [0.1, 0.15) is 149 Å². The fourth-order valence-corrected chi connectivity index (χ4v) is 11.5. The average Bonchev–Trinajstić information content (AvgIpc) is 3.89. The van der Waals surface area contributed by atoms with Gasteiger partial charge in [0.1, 0.15) is 36.5 Å². The number of likely N-dealkylation sites (N-methyl/N-ethyl adjacent to an activating group) is 2. The molecule has 2 aliphatic carbocycles. The van der Waals surface area contributed by atoms with E-state index in [0.717, 1.165) is 66.3 Å². The maximum absolute atomic E-state index is 14.8. The molecule has 0 spiro atoms. The molecule has 1 fully saturated rings. The molecule has 0 aromatic heterocycles. The van der Waals surface area contributed by atoms with E-state index < -0.39 is 59.0 Å². The standard InChI is InChI=1S/C63H83N9O8/c1-37(64-9)55(73)69-53(62(3,4)5)60(78)71-34-43-29-30-46(31-44(43)32-51(71)58(76)67-49-23-15-19-40-17-11-13-21-47(40)49)80-36-39-25-27-42(28-26-39)57(75)66-45-33-52(59(77)68-50-24-16-20-41-18-12-14-22-48(41)50)72(35-45)61(79)54(63(6,7)8)70-56(74)38(2)65-10/h11-14,17-18,21-22,25-31,37-38,45,49-54,64-65H,15-16,19-20,23-24,32-36H2,1-10H3,(H,66,75)(H,67,76)(H,68,77)(H,69,73)(H,70,74)/t37-,38-,45-,49+,50+,51-,52-,53?,54+/m0/s1. The van der Waals surface area contributed by atoms with Crippen LogP contribution in [0.25, 0.3) is 0 Å². The van der Waals surface area contributed by atoms with Crippen LogP contribution in [0.5, 0.6) is 5.75 Å². The minimum absolute atomic E-state index is 0.0708. The number of carbonyl (C=O) groups excluding carboxylic acids is 7. The third-order valence-electron chi connectivity index (χ3n) is 16.6. The summed E-state index contributed by atoms with van der Waals surface area (Å²) in [4.78, 5) is 102. The average molecular weight is 1090 g/mol. The van der Waals surface area contributed by atoms with E-state index in [1.54, 1.807) is 45.0 Å². The third-order valence-corrected chi connectivity index (χ3v) is 16.6. The van der Waals surface area contributed by atoms with E-state index in [-0.39, 0.29) is 80.1 Å². The van der Waals surface area contributed by atoms with Gasteiger partial charge in [0, 0.05) is 31.1 Å². The van der Waals surface area contributed by atoms with E-state index in [1.807, 2.05) is 102 Å². The first kappa shape index (κ1) is 59.0. The molecule has 80 heavy (non-hydrogen) atoms. The maximum Gasteiger partial charge on any atom is 0.251 e. The van der Waals surface area contributed by atoms with Crippen molar-refractivity contribution in [3.05, 3.63) is 136 Å². The molecule has 0 radical (unpaired) electrons. The van der Waals surface area contributed by atoms with Crippen molar-refractivity contribution in [1.82, 2.24) is 47.0 Å². The molecule has 428 valence electrons. The van der Waals surface area contributed by atoms with Gasteiger partial charge in [-0.05, 0) is 147 Å². The lowest BCUT2D eigenvalue weighted by atomic mass is 9.83. The minimum Gasteiger partial charge on any atom is -0.489 e. The highest BCUT2D eigenvalue weighted by Gasteiger charge is 2.47. The fraction of sp³-hybridized carbons (Fsp3) is 0.508. The predicted molar refractivity (Wildman–Crippen MR) is 307 cm³/mol. The number of carbonyl (C=O) groups is 7. The first-order chi connectivity index (χ1) is 38.0. The molecule has 2 heterocycles. The lowest BCUT2D eigenvalue weighted by Gasteiger charge is -2.41. The molecule has 7 amide bonds. The first-order valence-corrected chi connectivity index (χ1v) is 28.5. The number of likely N-dealkylation sites (tertiary alicyclic amines) is 1. The van der Waals surface area contributed by atoms with Crippen LogP contribution < -0.4 is 42.0 Å². The SMILES string of the molecule is CN[C@@H](C)C(=O)NC(C(=O)N1Cc2ccc(OCc3ccc(C(=O)N[C@H]4C[C@@H](C(=O)N[C@@H]5CCCc6ccccc65)N(C(=O)[C@@H](NC(=O)[C@H](C)NC)C(C)(C)C)C4)cc3)cc2C[C@H]1C(=O)N[C@@H]1CCCc2ccccc21)C(C)(C)C. The molecule has 0 saturated carbocycles. The Morgan fingerprint density at radius 2 is 1.11 bits per heavy atom. The number of ether oxygens (including phenoxy) is 1. The van der Waals surface area contributed by atoms with E-state index in [4.69, 9.17) is 4.74 Å². The Kier molecular flexibility index (Phi) is 18.5. The third kappa shape index (κ3) is 13.7. The second kappa shape index (κ2) is 25.1. The summed E-state index contributed by atoms with van der Waals surface area (Å²) in [5.74, 6) is -1.74. The number of hydrogen-bond donors (Lipinski definition) is 7. The van der Waals surface area contributed by atoms with Gasteiger partial charge in [-0.15, -0.1) is 0 Å². The first-order valence-electron chi connectivity index (χ1n) is 28.5. The van der Waals surface area contributed by atoms with Gasteiger partial charge in [-0.3, -0.25) is 33.6 Å². The van der Waals surface area contributed by atoms with Gasteiger partial charge in [0.2, 0.25) is 35.4 Å². The highest BCUT2D eigenvalue weighted by Crippen LogP contribution is 2.35. The Morgan fingerprint density at radius 3 is 1.64 bits per heavy atom. The van der Waals surface area contributed by atoms with Crippen LogP contribution >= 0.6 is 0 Å². The Morgan fingerprint density at radius 1 is 0.600 bits per heavy atom. The van der Waals surface area contributed by atoms with Crippen LogP contribution in [-0.2, 0) is 61.2 Å². The van der Waals surface area contributed by atoms with E-state index in [2.05, 4.69) is 55.4 Å². The summed E-state index contributed by atoms with van der Waals surface area (Å²) in [6.07, 6.45) is 5.67. The molecule has 7 N–H and O–H groups in total. The lowest BCUT2D eigenvalue weighted by molar-refractivity contribution is -0.147. The smallest absolute Gasteiger partial charge is 0.251 e. The van der Waals surface area contributed by atoms with Gasteiger partial charge in [-0.2, -0.15) is 0 Å². The molecular formula is C63H83N9O8. The van der Waals surface area contributed by atoms with Crippen molar-refractivity contribution in [2.75, 3.05) is 20.6 Å². The van der Waals surface area contributed by atoms with Gasteiger partial charge < -0.3 is 51.8 Å². The number of fused-ring (bicyclic) bond motifs is 3. The summed E-state index contributed by atoms with van der Waals surface area (Å²) in [5.41, 5.74) is 6.10. The number of nitrogens with zero attached hydrogens (tertiary/aromatic N) is 2. The lowest BCUT2D eigenvalue weighted by Crippen LogP contribution is -2.62. The van der Waals surface area contributed by atoms with Gasteiger partial charge >= 0.3 is 0 Å². The number of nitrogens with one attached hydrogen (secondary N) is 7. The topological polar surface area (TPSA) is 219 Å². The number of rotatable bonds is 17. The van der Waals surface area contributed by atoms with Crippen molar-refractivity contribution in [2.24, 2.45) is 10.8 Å². The number of hydrogen-bond acceptors (Lipinski definition) is 10. The molecule has 1 unspecified atom stereocenters. The van der Waals surface area contributed by atoms with E-state index in [9.17, 15) is 33.6 Å². The fourth-order valence-electron chi connectivity index (χ4n) is 11.5. The van der Waals surface area contributed by atoms with E-state index >= 15 is 0 Å². The van der Waals surface area contributed by atoms with Gasteiger partial charge in [0.15, 0.2) is 0 Å². The molecule has 4 aromatic carbocycles. The van der Waals surface area contributed by atoms with Crippen LogP contribution in [0.2, 0.25) is 0 Å². The Balaban J connectivity index is 0.955. The molecule has 0 bridgehead atoms. The zero-order chi connectivity index (χ0) is 57.6. The Bertz CT molecular complexity index is 2930. The zero-order valence-electron chi connectivity index (χ0n) is 48.3. The van der Waals surface area contributed by atoms with E-state index in [0.29, 0.717) is 11.3 Å². The minimum atomic E-state index is -0.947. The molecule has 17 nitrogen and oxygen atoms in total. The normalized spacial score (nSPS) is 21.2. The van der Waals surface area contributed by atoms with Gasteiger partial charge in [0.05, 0.1) is 24.2 Å². The zero-order valence-corrected chi connectivity index (χ0v) is 48.3. The van der Waals surface area contributed by atoms with Crippen LogP contribution in [0.4, 0.5) is 0 Å². The summed E-state index contributed by atoms with van der Waals surface area (Å²) < 4.78 is 6.34. The van der Waals surface area contributed by atoms with Gasteiger partial charge in [-0.1, -0.05) is 108 Å². The number of benzene rings is 4. The molecule has 17 heteroatoms. The Labute approximate surface area is 471 Å². The number of aryl methyl sites for hydroxylation is 2. The molecule has 1 saturated heterocycles. The summed E-state index contributed by atoms with van der Waals surface area (Å²) in [5, 5.41) is 21.5. The molecule has 8 rings (SSSR count). The predicted octanol–water partition coefficient (Wildman–Crippen LogP) is 5.88. The summed E-state index contributed by atoms with van der Waals surface area (Å²) in [7, 11) is 3.36. The highest BCUT2D eigenvalue weighted by atomic mass is 16.5. The summed E-state index contributed by atoms with van der Waals surface area (Å²) in [6.45, 7) is 15.2. The van der Waals surface area contributed by atoms with Crippen LogP contribution in [0, 0.1) is 10.8 Å². The van der Waals surface area contributed by atoms with E-state index in [1.165, 1.54) is 16.0 Å². The van der Waals surface area contributed by atoms with Crippen molar-refractivity contribution in [2.45, 2.75) is 174 Å². The van der Waals surface area contributed by atoms with Crippen LogP contribution in [0.3, 0.4) is 0 Å². The molecule has 9 atom stereocenters. The van der Waals surface area contributed by atoms with Crippen LogP contribution in [0.15, 0.2) is 91.0 Å². The molecule has 4 aromatic rings. The van der Waals surface area contributed by atoms with Crippen molar-refractivity contribution in [3.8, 4) is 5.75 Å². The van der Waals surface area contributed by atoms with Crippen molar-refractivity contribution >= 4 is 41.4 Å². The largest absolute Gasteiger partial charge is 0.489 e. The van der Waals surface area contributed by atoms with Gasteiger partial charge in [-0.25, -0.2) is 0 Å².